The summed E-state index contributed by atoms with van der Waals surface area (Å²) >= 11 is 5.71. The van der Waals surface area contributed by atoms with Crippen molar-refractivity contribution in [1.82, 2.24) is 0 Å². The fourth-order valence-electron chi connectivity index (χ4n) is 1.29. The van der Waals surface area contributed by atoms with Crippen LogP contribution in [0.1, 0.15) is 23.7 Å². The van der Waals surface area contributed by atoms with Crippen LogP contribution in [0.3, 0.4) is 0 Å². The summed E-state index contributed by atoms with van der Waals surface area (Å²) in [4.78, 5) is 0. The maximum absolute atomic E-state index is 12.4. The lowest BCUT2D eigenvalue weighted by Crippen LogP contribution is -2.10. The molecule has 0 bridgehead atoms. The molecule has 0 saturated carbocycles. The maximum Gasteiger partial charge on any atom is 0.416 e. The number of rotatable bonds is 3. The third-order valence-corrected chi connectivity index (χ3v) is 2.47. The van der Waals surface area contributed by atoms with Crippen LogP contribution in [0.25, 0.3) is 0 Å². The van der Waals surface area contributed by atoms with E-state index < -0.39 is 17.8 Å². The van der Waals surface area contributed by atoms with Crippen LogP contribution < -0.4 is 5.73 Å². The lowest BCUT2D eigenvalue weighted by Gasteiger charge is -2.14. The third-order valence-electron chi connectivity index (χ3n) is 2.12. The van der Waals surface area contributed by atoms with Crippen LogP contribution >= 0.6 is 11.6 Å². The van der Waals surface area contributed by atoms with Crippen LogP contribution in [0.2, 0.25) is 5.02 Å². The number of halogens is 4. The predicted molar refractivity (Wildman–Crippen MR) is 55.1 cm³/mol. The van der Waals surface area contributed by atoms with Crippen molar-refractivity contribution in [3.63, 3.8) is 0 Å². The molecule has 0 aliphatic rings. The molecule has 0 amide bonds. The summed E-state index contributed by atoms with van der Waals surface area (Å²) in [7, 11) is 0. The molecule has 0 radical (unpaired) electrons. The third kappa shape index (κ3) is 3.10. The zero-order valence-electron chi connectivity index (χ0n) is 8.26. The van der Waals surface area contributed by atoms with E-state index in [1.807, 2.05) is 0 Å². The average Bonchev–Trinajstić information content (AvgIpc) is 2.16. The molecule has 0 heterocycles. The molecule has 0 saturated heterocycles. The number of benzene rings is 1. The highest BCUT2D eigenvalue weighted by Gasteiger charge is 2.31. The molecule has 0 aliphatic carbocycles. The lowest BCUT2D eigenvalue weighted by atomic mass is 10.0. The second-order valence-electron chi connectivity index (χ2n) is 3.33. The monoisotopic (exact) mass is 253 g/mol. The van der Waals surface area contributed by atoms with E-state index in [4.69, 9.17) is 17.3 Å². The van der Waals surface area contributed by atoms with Crippen molar-refractivity contribution in [2.24, 2.45) is 5.73 Å². The van der Waals surface area contributed by atoms with Crippen molar-refractivity contribution >= 4 is 11.6 Å². The fraction of sp³-hybridized carbons (Fsp3) is 0.400. The Bertz CT molecular complexity index is 368. The molecule has 0 spiro atoms. The van der Waals surface area contributed by atoms with Gasteiger partial charge in [-0.2, -0.15) is 13.2 Å². The van der Waals surface area contributed by atoms with Gasteiger partial charge in [0.1, 0.15) is 0 Å². The molecule has 0 unspecified atom stereocenters. The molecule has 1 atom stereocenters. The number of aliphatic hydroxyl groups is 1. The van der Waals surface area contributed by atoms with Gasteiger partial charge in [0.05, 0.1) is 11.7 Å². The molecule has 0 aromatic heterocycles. The second kappa shape index (κ2) is 5.03. The minimum Gasteiger partial charge on any atom is -0.388 e. The number of aliphatic hydroxyl groups excluding tert-OH is 1. The minimum absolute atomic E-state index is 0.0574. The minimum atomic E-state index is -4.44. The topological polar surface area (TPSA) is 46.2 Å². The number of hydrogen-bond acceptors (Lipinski definition) is 2. The summed E-state index contributed by atoms with van der Waals surface area (Å²) in [5.74, 6) is 0. The van der Waals surface area contributed by atoms with Crippen molar-refractivity contribution < 1.29 is 18.3 Å². The van der Waals surface area contributed by atoms with Gasteiger partial charge in [-0.3, -0.25) is 0 Å². The van der Waals surface area contributed by atoms with Gasteiger partial charge in [0.25, 0.3) is 0 Å². The van der Waals surface area contributed by atoms with E-state index in [9.17, 15) is 18.3 Å². The van der Waals surface area contributed by atoms with Gasteiger partial charge in [-0.05, 0) is 36.7 Å². The summed E-state index contributed by atoms with van der Waals surface area (Å²) in [5.41, 5.74) is 4.44. The Hall–Kier alpha value is -0.780. The Labute approximate surface area is 95.8 Å². The van der Waals surface area contributed by atoms with Crippen molar-refractivity contribution in [3.8, 4) is 0 Å². The number of alkyl halides is 3. The molecular formula is C10H11ClF3NO. The zero-order chi connectivity index (χ0) is 12.3. The Morgan fingerprint density at radius 2 is 2.00 bits per heavy atom. The first kappa shape index (κ1) is 13.3. The standard InChI is InChI=1S/C10H11ClF3NO/c11-8-2-1-6(10(12,13)14)5-7(8)9(16)3-4-15/h1-2,5,9,16H,3-4,15H2/t9-/m1/s1. The lowest BCUT2D eigenvalue weighted by molar-refractivity contribution is -0.137. The number of hydrogen-bond donors (Lipinski definition) is 2. The summed E-state index contributed by atoms with van der Waals surface area (Å²) in [5, 5.41) is 9.67. The van der Waals surface area contributed by atoms with E-state index in [1.165, 1.54) is 0 Å². The molecule has 3 N–H and O–H groups in total. The number of nitrogens with two attached hydrogens (primary N) is 1. The Kier molecular flexibility index (Phi) is 4.18. The van der Waals surface area contributed by atoms with Gasteiger partial charge in [-0.25, -0.2) is 0 Å². The van der Waals surface area contributed by atoms with Gasteiger partial charge in [-0.15, -0.1) is 0 Å². The molecule has 0 aliphatic heterocycles. The molecule has 1 aromatic rings. The highest BCUT2D eigenvalue weighted by atomic mass is 35.5. The van der Waals surface area contributed by atoms with Crippen LogP contribution in [0.15, 0.2) is 18.2 Å². The van der Waals surface area contributed by atoms with Crippen LogP contribution in [0.5, 0.6) is 0 Å². The van der Waals surface area contributed by atoms with Gasteiger partial charge in [0.15, 0.2) is 0 Å². The van der Waals surface area contributed by atoms with E-state index in [1.54, 1.807) is 0 Å². The van der Waals surface area contributed by atoms with E-state index >= 15 is 0 Å². The largest absolute Gasteiger partial charge is 0.416 e. The highest BCUT2D eigenvalue weighted by Crippen LogP contribution is 2.34. The molecule has 1 rings (SSSR count). The Morgan fingerprint density at radius 3 is 2.50 bits per heavy atom. The zero-order valence-corrected chi connectivity index (χ0v) is 9.02. The van der Waals surface area contributed by atoms with Crippen LogP contribution in [-0.2, 0) is 6.18 Å². The van der Waals surface area contributed by atoms with Crippen molar-refractivity contribution in [1.29, 1.82) is 0 Å². The van der Waals surface area contributed by atoms with Gasteiger partial charge in [-0.1, -0.05) is 11.6 Å². The first-order valence-corrected chi connectivity index (χ1v) is 4.99. The van der Waals surface area contributed by atoms with Crippen LogP contribution in [-0.4, -0.2) is 11.7 Å². The summed E-state index contributed by atoms with van der Waals surface area (Å²) in [6.45, 7) is 0.174. The van der Waals surface area contributed by atoms with E-state index in [2.05, 4.69) is 0 Å². The summed E-state index contributed by atoms with van der Waals surface area (Å²) in [6.07, 6.45) is -5.34. The fourth-order valence-corrected chi connectivity index (χ4v) is 1.53. The molecular weight excluding hydrogens is 243 g/mol. The SMILES string of the molecule is NCC[C@@H](O)c1cc(C(F)(F)F)ccc1Cl. The molecule has 6 heteroatoms. The molecule has 90 valence electrons. The van der Waals surface area contributed by atoms with E-state index in [-0.39, 0.29) is 23.6 Å². The first-order chi connectivity index (χ1) is 7.36. The predicted octanol–water partition coefficient (Wildman–Crippen LogP) is 2.74. The molecule has 16 heavy (non-hydrogen) atoms. The van der Waals surface area contributed by atoms with Gasteiger partial charge < -0.3 is 10.8 Å². The van der Waals surface area contributed by atoms with Crippen LogP contribution in [0.4, 0.5) is 13.2 Å². The van der Waals surface area contributed by atoms with Gasteiger partial charge in [0, 0.05) is 5.02 Å². The smallest absolute Gasteiger partial charge is 0.388 e. The molecule has 2 nitrogen and oxygen atoms in total. The highest BCUT2D eigenvalue weighted by molar-refractivity contribution is 6.31. The molecule has 0 fully saturated rings. The Morgan fingerprint density at radius 1 is 1.38 bits per heavy atom. The van der Waals surface area contributed by atoms with Gasteiger partial charge in [0.2, 0.25) is 0 Å². The summed E-state index contributed by atoms with van der Waals surface area (Å²) in [6, 6.07) is 2.85. The quantitative estimate of drug-likeness (QED) is 0.870. The first-order valence-electron chi connectivity index (χ1n) is 4.61. The van der Waals surface area contributed by atoms with Crippen molar-refractivity contribution in [2.75, 3.05) is 6.54 Å². The average molecular weight is 254 g/mol. The Balaban J connectivity index is 3.09. The van der Waals surface area contributed by atoms with Crippen LogP contribution in [0, 0.1) is 0 Å². The van der Waals surface area contributed by atoms with E-state index in [0.29, 0.717) is 0 Å². The maximum atomic E-state index is 12.4. The normalized spacial score (nSPS) is 13.9. The van der Waals surface area contributed by atoms with Crippen molar-refractivity contribution in [3.05, 3.63) is 34.3 Å². The molecule has 1 aromatic carbocycles. The van der Waals surface area contributed by atoms with Crippen molar-refractivity contribution in [2.45, 2.75) is 18.7 Å². The van der Waals surface area contributed by atoms with Gasteiger partial charge >= 0.3 is 6.18 Å². The summed E-state index contributed by atoms with van der Waals surface area (Å²) < 4.78 is 37.2. The van der Waals surface area contributed by atoms with E-state index in [0.717, 1.165) is 18.2 Å². The second-order valence-corrected chi connectivity index (χ2v) is 3.73.